The Balaban J connectivity index is 0.00000280. The zero-order chi connectivity index (χ0) is 24.8. The Kier molecular flexibility index (Phi) is 7.21. The molecule has 4 aliphatic rings. The minimum absolute atomic E-state index is 0. The lowest BCUT2D eigenvalue weighted by Gasteiger charge is -2.39. The maximum atomic E-state index is 14.9. The molecule has 0 bridgehead atoms. The van der Waals surface area contributed by atoms with E-state index in [1.54, 1.807) is 17.0 Å². The van der Waals surface area contributed by atoms with Gasteiger partial charge in [0.2, 0.25) is 0 Å². The molecule has 3 atom stereocenters. The number of aromatic nitrogens is 1. The van der Waals surface area contributed by atoms with Gasteiger partial charge in [0.1, 0.15) is 11.6 Å². The molecule has 10 nitrogen and oxygen atoms in total. The van der Waals surface area contributed by atoms with Crippen LogP contribution < -0.4 is 25.0 Å². The molecule has 37 heavy (non-hydrogen) atoms. The molecule has 4 aliphatic heterocycles. The summed E-state index contributed by atoms with van der Waals surface area (Å²) in [6.45, 7) is 3.40. The fourth-order valence-electron chi connectivity index (χ4n) is 5.63. The lowest BCUT2D eigenvalue weighted by Crippen LogP contribution is -2.44. The van der Waals surface area contributed by atoms with Crippen LogP contribution in [0, 0.1) is 11.7 Å². The fourth-order valence-corrected chi connectivity index (χ4v) is 5.63. The van der Waals surface area contributed by atoms with E-state index in [1.807, 2.05) is 6.07 Å². The van der Waals surface area contributed by atoms with E-state index in [0.717, 1.165) is 5.69 Å². The molecular formula is C25H29ClFN5O5. The van der Waals surface area contributed by atoms with Crippen LogP contribution in [0.5, 0.6) is 11.5 Å². The first kappa shape index (κ1) is 25.7. The second kappa shape index (κ2) is 10.4. The number of hydrogen-bond acceptors (Lipinski definition) is 8. The van der Waals surface area contributed by atoms with E-state index in [0.29, 0.717) is 74.3 Å². The number of fused-ring (bicyclic) bond motifs is 1. The van der Waals surface area contributed by atoms with Crippen molar-refractivity contribution in [2.24, 2.45) is 5.92 Å². The summed E-state index contributed by atoms with van der Waals surface area (Å²) >= 11 is 0. The topological polar surface area (TPSA) is 116 Å². The Morgan fingerprint density at radius 1 is 1.14 bits per heavy atom. The van der Waals surface area contributed by atoms with Crippen LogP contribution in [-0.2, 0) is 16.1 Å². The van der Waals surface area contributed by atoms with Crippen molar-refractivity contribution in [3.8, 4) is 11.5 Å². The Hall–Kier alpha value is -2.99. The van der Waals surface area contributed by atoms with Crippen LogP contribution in [0.3, 0.4) is 0 Å². The quantitative estimate of drug-likeness (QED) is 0.508. The van der Waals surface area contributed by atoms with Crippen molar-refractivity contribution in [1.82, 2.24) is 15.2 Å². The number of likely N-dealkylation sites (tertiary alicyclic amines) is 1. The second-order valence-electron chi connectivity index (χ2n) is 9.79. The summed E-state index contributed by atoms with van der Waals surface area (Å²) in [6.07, 6.45) is 0.167. The van der Waals surface area contributed by atoms with Gasteiger partial charge in [0.05, 0.1) is 17.5 Å². The molecule has 12 heteroatoms. The largest absolute Gasteiger partial charge is 0.482 e. The highest BCUT2D eigenvalue weighted by molar-refractivity contribution is 5.99. The van der Waals surface area contributed by atoms with Crippen LogP contribution in [-0.4, -0.2) is 78.8 Å². The number of carbonyl (C=O) groups excluding carboxylic acids is 2. The summed E-state index contributed by atoms with van der Waals surface area (Å²) in [4.78, 5) is 32.1. The predicted molar refractivity (Wildman–Crippen MR) is 135 cm³/mol. The molecule has 2 aromatic rings. The number of hydrogen-bond donors (Lipinski definition) is 3. The maximum Gasteiger partial charge on any atom is 0.265 e. The lowest BCUT2D eigenvalue weighted by atomic mass is 9.88. The van der Waals surface area contributed by atoms with Crippen LogP contribution >= 0.6 is 12.4 Å². The van der Waals surface area contributed by atoms with Crippen molar-refractivity contribution in [2.45, 2.75) is 25.0 Å². The molecule has 0 saturated carbocycles. The third kappa shape index (κ3) is 4.96. The van der Waals surface area contributed by atoms with Gasteiger partial charge in [-0.15, -0.1) is 12.4 Å². The molecule has 0 aliphatic carbocycles. The zero-order valence-corrected chi connectivity index (χ0v) is 20.9. The maximum absolute atomic E-state index is 14.9. The average molecular weight is 534 g/mol. The average Bonchev–Trinajstić information content (AvgIpc) is 3.21. The van der Waals surface area contributed by atoms with E-state index in [-0.39, 0.29) is 55.1 Å². The van der Waals surface area contributed by atoms with Gasteiger partial charge in [-0.05, 0) is 30.7 Å². The highest BCUT2D eigenvalue weighted by Gasteiger charge is 2.39. The summed E-state index contributed by atoms with van der Waals surface area (Å²) in [5.41, 5.74) is 1.87. The number of nitrogens with zero attached hydrogens (tertiary/aromatic N) is 3. The third-order valence-corrected chi connectivity index (χ3v) is 7.36. The fraction of sp³-hybridized carbons (Fsp3) is 0.480. The number of nitrogens with one attached hydrogen (secondary N) is 2. The number of aliphatic hydroxyl groups excluding tert-OH is 1. The Morgan fingerprint density at radius 3 is 2.81 bits per heavy atom. The monoisotopic (exact) mass is 533 g/mol. The number of benzene rings is 1. The van der Waals surface area contributed by atoms with E-state index >= 15 is 0 Å². The number of rotatable bonds is 6. The summed E-state index contributed by atoms with van der Waals surface area (Å²) in [6, 6.07) is 6.64. The number of β-amino-alcohol motifs (C(OH)–C–C–N with tert-alkyl or cyclic N) is 1. The first-order valence-corrected chi connectivity index (χ1v) is 12.3. The van der Waals surface area contributed by atoms with Crippen LogP contribution in [0.15, 0.2) is 24.3 Å². The van der Waals surface area contributed by atoms with Crippen LogP contribution in [0.25, 0.3) is 0 Å². The number of ether oxygens (including phenoxy) is 2. The van der Waals surface area contributed by atoms with E-state index < -0.39 is 6.10 Å². The molecule has 6 rings (SSSR count). The number of halogens is 2. The van der Waals surface area contributed by atoms with Gasteiger partial charge in [-0.3, -0.25) is 14.5 Å². The van der Waals surface area contributed by atoms with Crippen molar-refractivity contribution < 1.29 is 28.6 Å². The zero-order valence-electron chi connectivity index (χ0n) is 20.1. The Bertz CT molecular complexity index is 1220. The molecule has 1 saturated heterocycles. The molecule has 1 unspecified atom stereocenters. The molecule has 0 radical (unpaired) electrons. The van der Waals surface area contributed by atoms with Crippen molar-refractivity contribution in [3.05, 3.63) is 41.3 Å². The van der Waals surface area contributed by atoms with E-state index in [9.17, 15) is 19.1 Å². The molecule has 0 spiro atoms. The molecule has 5 heterocycles. The minimum Gasteiger partial charge on any atom is -0.482 e. The smallest absolute Gasteiger partial charge is 0.265 e. The first-order chi connectivity index (χ1) is 17.5. The standard InChI is InChI=1S/C25H28FN5O5.ClH/c26-17-2-4-19-24-23(17)14(5-6-31(24)22(34)13-36-19)9-30-10-15(18(32)11-30)7-27-8-16-1-3-20-25(28-16)29-21(33)12-35-20;/h1-4,14-15,18,27,32H,5-13H2,(H,28,29,33);1H/t14?,15-,18+;/m0./s1. The van der Waals surface area contributed by atoms with Gasteiger partial charge < -0.3 is 30.1 Å². The van der Waals surface area contributed by atoms with Gasteiger partial charge in [-0.1, -0.05) is 0 Å². The van der Waals surface area contributed by atoms with Gasteiger partial charge in [0.15, 0.2) is 24.8 Å². The summed E-state index contributed by atoms with van der Waals surface area (Å²) in [7, 11) is 0. The molecular weight excluding hydrogens is 505 g/mol. The van der Waals surface area contributed by atoms with Crippen molar-refractivity contribution in [3.63, 3.8) is 0 Å². The Labute approximate surface area is 219 Å². The highest BCUT2D eigenvalue weighted by Crippen LogP contribution is 2.45. The van der Waals surface area contributed by atoms with Gasteiger partial charge in [0.25, 0.3) is 11.8 Å². The number of carbonyl (C=O) groups is 2. The molecule has 198 valence electrons. The number of anilines is 2. The van der Waals surface area contributed by atoms with Crippen LogP contribution in [0.2, 0.25) is 0 Å². The molecule has 1 fully saturated rings. The van der Waals surface area contributed by atoms with E-state index in [1.165, 1.54) is 6.07 Å². The second-order valence-corrected chi connectivity index (χ2v) is 9.79. The number of aliphatic hydroxyl groups is 1. The van der Waals surface area contributed by atoms with Gasteiger partial charge >= 0.3 is 0 Å². The number of amides is 2. The molecule has 1 aromatic carbocycles. The van der Waals surface area contributed by atoms with Gasteiger partial charge in [0, 0.05) is 56.7 Å². The normalized spacial score (nSPS) is 24.4. The Morgan fingerprint density at radius 2 is 1.95 bits per heavy atom. The lowest BCUT2D eigenvalue weighted by molar-refractivity contribution is -0.121. The van der Waals surface area contributed by atoms with Gasteiger partial charge in [-0.2, -0.15) is 0 Å². The predicted octanol–water partition coefficient (Wildman–Crippen LogP) is 1.27. The van der Waals surface area contributed by atoms with Crippen molar-refractivity contribution in [2.75, 3.05) is 56.2 Å². The summed E-state index contributed by atoms with van der Waals surface area (Å²) < 4.78 is 25.8. The highest BCUT2D eigenvalue weighted by atomic mass is 35.5. The molecule has 2 amide bonds. The first-order valence-electron chi connectivity index (χ1n) is 12.3. The van der Waals surface area contributed by atoms with E-state index in [2.05, 4.69) is 20.5 Å². The molecule has 3 N–H and O–H groups in total. The van der Waals surface area contributed by atoms with Crippen LogP contribution in [0.4, 0.5) is 15.9 Å². The third-order valence-electron chi connectivity index (χ3n) is 7.36. The minimum atomic E-state index is -0.499. The summed E-state index contributed by atoms with van der Waals surface area (Å²) in [5.74, 6) is 0.782. The van der Waals surface area contributed by atoms with Crippen molar-refractivity contribution >= 4 is 35.7 Å². The van der Waals surface area contributed by atoms with E-state index in [4.69, 9.17) is 9.47 Å². The van der Waals surface area contributed by atoms with Gasteiger partial charge in [-0.25, -0.2) is 9.37 Å². The molecule has 1 aromatic heterocycles. The van der Waals surface area contributed by atoms with Crippen molar-refractivity contribution in [1.29, 1.82) is 0 Å². The summed E-state index contributed by atoms with van der Waals surface area (Å²) in [5, 5.41) is 16.7. The number of pyridine rings is 1. The SMILES string of the molecule is Cl.O=C1COc2ccc(CNC[C@H]3CN(CC4CCN5C(=O)COc6ccc(F)c4c65)C[C@H]3O)nc2N1. The van der Waals surface area contributed by atoms with Crippen LogP contribution in [0.1, 0.15) is 23.6 Å².